The highest BCUT2D eigenvalue weighted by Gasteiger charge is 2.25. The lowest BCUT2D eigenvalue weighted by Gasteiger charge is -2.30. The average Bonchev–Trinajstić information content (AvgIpc) is 2.37. The van der Waals surface area contributed by atoms with E-state index in [1.165, 1.54) is 11.1 Å². The van der Waals surface area contributed by atoms with E-state index in [1.807, 2.05) is 12.1 Å². The Morgan fingerprint density at radius 3 is 2.72 bits per heavy atom. The highest BCUT2D eigenvalue weighted by molar-refractivity contribution is 5.85. The number of carbonyl (C=O) groups is 2. The molecule has 0 saturated heterocycles. The van der Waals surface area contributed by atoms with Crippen LogP contribution in [0.4, 0.5) is 0 Å². The molecule has 1 aromatic rings. The summed E-state index contributed by atoms with van der Waals surface area (Å²) >= 11 is 0. The van der Waals surface area contributed by atoms with Gasteiger partial charge >= 0.3 is 0 Å². The fourth-order valence-corrected chi connectivity index (χ4v) is 2.10. The van der Waals surface area contributed by atoms with Crippen LogP contribution in [0.5, 0.6) is 0 Å². The second-order valence-electron chi connectivity index (χ2n) is 4.38. The van der Waals surface area contributed by atoms with Gasteiger partial charge in [-0.1, -0.05) is 24.3 Å². The van der Waals surface area contributed by atoms with Gasteiger partial charge in [0.05, 0.1) is 13.1 Å². The molecule has 96 valence electrons. The fourth-order valence-electron chi connectivity index (χ4n) is 2.10. The highest BCUT2D eigenvalue weighted by atomic mass is 16.2. The molecule has 0 bridgehead atoms. The molecule has 4 N–H and O–H groups in total. The lowest BCUT2D eigenvalue weighted by atomic mass is 9.77. The van der Waals surface area contributed by atoms with Crippen molar-refractivity contribution in [3.05, 3.63) is 35.4 Å². The first-order chi connectivity index (χ1) is 8.70. The lowest BCUT2D eigenvalue weighted by molar-refractivity contribution is -0.125. The third-order valence-electron chi connectivity index (χ3n) is 3.14. The number of nitrogens with one attached hydrogen (secondary N) is 2. The van der Waals surface area contributed by atoms with Gasteiger partial charge in [-0.25, -0.2) is 0 Å². The number of nitrogens with two attached hydrogens (primary N) is 1. The van der Waals surface area contributed by atoms with Gasteiger partial charge in [0, 0.05) is 12.5 Å². The normalized spacial score (nSPS) is 16.4. The van der Waals surface area contributed by atoms with Crippen molar-refractivity contribution in [3.8, 4) is 0 Å². The van der Waals surface area contributed by atoms with Crippen molar-refractivity contribution in [2.75, 3.05) is 19.6 Å². The molecule has 0 saturated carbocycles. The summed E-state index contributed by atoms with van der Waals surface area (Å²) in [6.45, 7) is 0.516. The Kier molecular flexibility index (Phi) is 3.94. The molecule has 1 unspecified atom stereocenters. The molecule has 0 aliphatic heterocycles. The summed E-state index contributed by atoms with van der Waals surface area (Å²) in [5.41, 5.74) is 7.78. The highest BCUT2D eigenvalue weighted by Crippen LogP contribution is 2.33. The first-order valence-corrected chi connectivity index (χ1v) is 6.02. The zero-order valence-corrected chi connectivity index (χ0v) is 10.1. The van der Waals surface area contributed by atoms with E-state index in [9.17, 15) is 9.59 Å². The van der Waals surface area contributed by atoms with E-state index in [2.05, 4.69) is 22.8 Å². The molecule has 18 heavy (non-hydrogen) atoms. The van der Waals surface area contributed by atoms with Crippen molar-refractivity contribution >= 4 is 11.8 Å². The molecule has 1 aliphatic rings. The number of rotatable bonds is 5. The van der Waals surface area contributed by atoms with Gasteiger partial charge in [0.25, 0.3) is 0 Å². The van der Waals surface area contributed by atoms with E-state index in [0.717, 1.165) is 6.42 Å². The van der Waals surface area contributed by atoms with Crippen molar-refractivity contribution < 1.29 is 9.59 Å². The van der Waals surface area contributed by atoms with Gasteiger partial charge in [-0.05, 0) is 17.5 Å². The standard InChI is InChI=1S/C13H17N3O2/c14-6-12(17)16-8-13(18)15-7-10-5-9-3-1-2-4-11(9)10/h1-4,10H,5-8,14H2,(H,15,18)(H,16,17). The largest absolute Gasteiger partial charge is 0.354 e. The van der Waals surface area contributed by atoms with Gasteiger partial charge < -0.3 is 16.4 Å². The number of amides is 2. The van der Waals surface area contributed by atoms with E-state index < -0.39 is 0 Å². The molecule has 2 amide bonds. The van der Waals surface area contributed by atoms with Crippen molar-refractivity contribution in [2.24, 2.45) is 5.73 Å². The Morgan fingerprint density at radius 2 is 2.00 bits per heavy atom. The van der Waals surface area contributed by atoms with Gasteiger partial charge in [0.15, 0.2) is 0 Å². The summed E-state index contributed by atoms with van der Waals surface area (Å²) in [6.07, 6.45) is 1.01. The fraction of sp³-hybridized carbons (Fsp3) is 0.385. The Bertz CT molecular complexity index is 459. The SMILES string of the molecule is NCC(=O)NCC(=O)NCC1Cc2ccccc21. The minimum absolute atomic E-state index is 0.00952. The Morgan fingerprint density at radius 1 is 1.22 bits per heavy atom. The molecular formula is C13H17N3O2. The van der Waals surface area contributed by atoms with E-state index in [-0.39, 0.29) is 24.9 Å². The molecule has 0 fully saturated rings. The maximum Gasteiger partial charge on any atom is 0.239 e. The topological polar surface area (TPSA) is 84.2 Å². The third-order valence-corrected chi connectivity index (χ3v) is 3.14. The number of hydrogen-bond acceptors (Lipinski definition) is 3. The van der Waals surface area contributed by atoms with E-state index >= 15 is 0 Å². The smallest absolute Gasteiger partial charge is 0.239 e. The summed E-state index contributed by atoms with van der Waals surface area (Å²) in [7, 11) is 0. The molecule has 0 radical (unpaired) electrons. The Balaban J connectivity index is 1.71. The quantitative estimate of drug-likeness (QED) is 0.657. The number of hydrogen-bond donors (Lipinski definition) is 3. The van der Waals surface area contributed by atoms with Gasteiger partial charge in [0.1, 0.15) is 0 Å². The van der Waals surface area contributed by atoms with Crippen LogP contribution in [0.15, 0.2) is 24.3 Å². The van der Waals surface area contributed by atoms with Gasteiger partial charge in [-0.2, -0.15) is 0 Å². The predicted octanol–water partition coefficient (Wildman–Crippen LogP) is -0.483. The van der Waals surface area contributed by atoms with Crippen LogP contribution in [-0.4, -0.2) is 31.4 Å². The number of carbonyl (C=O) groups excluding carboxylic acids is 2. The monoisotopic (exact) mass is 247 g/mol. The Hall–Kier alpha value is -1.88. The lowest BCUT2D eigenvalue weighted by Crippen LogP contribution is -2.41. The maximum absolute atomic E-state index is 11.5. The van der Waals surface area contributed by atoms with E-state index in [0.29, 0.717) is 12.5 Å². The van der Waals surface area contributed by atoms with Crippen LogP contribution < -0.4 is 16.4 Å². The molecule has 5 nitrogen and oxygen atoms in total. The van der Waals surface area contributed by atoms with E-state index in [1.54, 1.807) is 0 Å². The molecule has 0 heterocycles. The van der Waals surface area contributed by atoms with E-state index in [4.69, 9.17) is 5.73 Å². The molecular weight excluding hydrogens is 230 g/mol. The zero-order valence-electron chi connectivity index (χ0n) is 10.1. The minimum atomic E-state index is -0.320. The van der Waals surface area contributed by atoms with Crippen LogP contribution in [0.1, 0.15) is 17.0 Å². The van der Waals surface area contributed by atoms with Crippen molar-refractivity contribution in [1.82, 2.24) is 10.6 Å². The van der Waals surface area contributed by atoms with Crippen LogP contribution in [-0.2, 0) is 16.0 Å². The summed E-state index contributed by atoms with van der Waals surface area (Å²) in [5.74, 6) is -0.101. The molecule has 1 atom stereocenters. The summed E-state index contributed by atoms with van der Waals surface area (Å²) in [5, 5.41) is 5.25. The molecule has 0 spiro atoms. The molecule has 5 heteroatoms. The van der Waals surface area contributed by atoms with Crippen LogP contribution in [0.25, 0.3) is 0 Å². The van der Waals surface area contributed by atoms with Gasteiger partial charge in [0.2, 0.25) is 11.8 Å². The first kappa shape index (κ1) is 12.6. The first-order valence-electron chi connectivity index (χ1n) is 6.02. The minimum Gasteiger partial charge on any atom is -0.354 e. The number of benzene rings is 1. The summed E-state index contributed by atoms with van der Waals surface area (Å²) in [6, 6.07) is 8.23. The molecule has 2 rings (SSSR count). The second-order valence-corrected chi connectivity index (χ2v) is 4.38. The molecule has 1 aliphatic carbocycles. The predicted molar refractivity (Wildman–Crippen MR) is 68.0 cm³/mol. The van der Waals surface area contributed by atoms with Gasteiger partial charge in [-0.15, -0.1) is 0 Å². The molecule has 0 aromatic heterocycles. The maximum atomic E-state index is 11.5. The van der Waals surface area contributed by atoms with Crippen molar-refractivity contribution in [3.63, 3.8) is 0 Å². The Labute approximate surface area is 106 Å². The zero-order chi connectivity index (χ0) is 13.0. The van der Waals surface area contributed by atoms with Crippen LogP contribution in [0.2, 0.25) is 0 Å². The van der Waals surface area contributed by atoms with Crippen LogP contribution >= 0.6 is 0 Å². The van der Waals surface area contributed by atoms with Crippen LogP contribution in [0.3, 0.4) is 0 Å². The van der Waals surface area contributed by atoms with Crippen LogP contribution in [0, 0.1) is 0 Å². The van der Waals surface area contributed by atoms with Crippen molar-refractivity contribution in [2.45, 2.75) is 12.3 Å². The second kappa shape index (κ2) is 5.64. The van der Waals surface area contributed by atoms with Gasteiger partial charge in [-0.3, -0.25) is 9.59 Å². The number of fused-ring (bicyclic) bond motifs is 1. The summed E-state index contributed by atoms with van der Waals surface area (Å²) in [4.78, 5) is 22.3. The third kappa shape index (κ3) is 2.87. The average molecular weight is 247 g/mol. The van der Waals surface area contributed by atoms with Crippen molar-refractivity contribution in [1.29, 1.82) is 0 Å². The summed E-state index contributed by atoms with van der Waals surface area (Å²) < 4.78 is 0. The molecule has 1 aromatic carbocycles.